The zero-order valence-electron chi connectivity index (χ0n) is 11.0. The van der Waals surface area contributed by atoms with Crippen molar-refractivity contribution < 1.29 is 9.53 Å². The van der Waals surface area contributed by atoms with Crippen molar-refractivity contribution in [1.29, 1.82) is 0 Å². The SMILES string of the molecule is CC(NC(=O)c1c[nH]c2ccccc12)C1CCCO1. The third-order valence-electron chi connectivity index (χ3n) is 3.72. The van der Waals surface area contributed by atoms with Gasteiger partial charge in [0.15, 0.2) is 0 Å². The number of hydrogen-bond acceptors (Lipinski definition) is 2. The van der Waals surface area contributed by atoms with E-state index in [9.17, 15) is 4.79 Å². The molecule has 1 aromatic carbocycles. The Bertz CT molecular complexity index is 585. The van der Waals surface area contributed by atoms with Crippen molar-refractivity contribution in [3.8, 4) is 0 Å². The summed E-state index contributed by atoms with van der Waals surface area (Å²) in [5, 5.41) is 3.99. The first-order valence-corrected chi connectivity index (χ1v) is 6.74. The zero-order valence-corrected chi connectivity index (χ0v) is 11.0. The van der Waals surface area contributed by atoms with E-state index in [2.05, 4.69) is 10.3 Å². The molecule has 3 rings (SSSR count). The summed E-state index contributed by atoms with van der Waals surface area (Å²) in [7, 11) is 0. The van der Waals surface area contributed by atoms with Crippen LogP contribution in [-0.2, 0) is 4.74 Å². The summed E-state index contributed by atoms with van der Waals surface area (Å²) >= 11 is 0. The number of ether oxygens (including phenoxy) is 1. The number of fused-ring (bicyclic) bond motifs is 1. The van der Waals surface area contributed by atoms with Gasteiger partial charge < -0.3 is 15.0 Å². The maximum atomic E-state index is 12.3. The van der Waals surface area contributed by atoms with Gasteiger partial charge in [-0.1, -0.05) is 18.2 Å². The predicted molar refractivity (Wildman–Crippen MR) is 74.2 cm³/mol. The zero-order chi connectivity index (χ0) is 13.2. The molecule has 2 aromatic rings. The maximum Gasteiger partial charge on any atom is 0.253 e. The van der Waals surface area contributed by atoms with Gasteiger partial charge in [-0.3, -0.25) is 4.79 Å². The van der Waals surface area contributed by atoms with Gasteiger partial charge in [-0.15, -0.1) is 0 Å². The molecule has 1 aliphatic rings. The number of amides is 1. The average molecular weight is 258 g/mol. The lowest BCUT2D eigenvalue weighted by Gasteiger charge is -2.19. The second-order valence-corrected chi connectivity index (χ2v) is 5.06. The summed E-state index contributed by atoms with van der Waals surface area (Å²) in [4.78, 5) is 15.4. The van der Waals surface area contributed by atoms with E-state index in [-0.39, 0.29) is 18.1 Å². The molecule has 1 aromatic heterocycles. The molecule has 1 aliphatic heterocycles. The highest BCUT2D eigenvalue weighted by atomic mass is 16.5. The molecule has 0 spiro atoms. The van der Waals surface area contributed by atoms with E-state index in [0.717, 1.165) is 30.4 Å². The van der Waals surface area contributed by atoms with Gasteiger partial charge in [0.2, 0.25) is 0 Å². The molecule has 4 nitrogen and oxygen atoms in total. The lowest BCUT2D eigenvalue weighted by Crippen LogP contribution is -2.40. The van der Waals surface area contributed by atoms with Gasteiger partial charge in [-0.25, -0.2) is 0 Å². The molecule has 1 amide bonds. The Hall–Kier alpha value is -1.81. The second kappa shape index (κ2) is 5.05. The normalized spacial score (nSPS) is 20.6. The summed E-state index contributed by atoms with van der Waals surface area (Å²) in [6, 6.07) is 7.86. The molecule has 100 valence electrons. The molecule has 2 unspecified atom stereocenters. The number of carbonyl (C=O) groups excluding carboxylic acids is 1. The minimum Gasteiger partial charge on any atom is -0.376 e. The van der Waals surface area contributed by atoms with E-state index in [1.54, 1.807) is 6.20 Å². The van der Waals surface area contributed by atoms with Crippen LogP contribution in [0.15, 0.2) is 30.5 Å². The van der Waals surface area contributed by atoms with Crippen molar-refractivity contribution in [3.05, 3.63) is 36.0 Å². The van der Waals surface area contributed by atoms with E-state index in [4.69, 9.17) is 4.74 Å². The minimum absolute atomic E-state index is 0.0413. The van der Waals surface area contributed by atoms with Crippen LogP contribution in [0, 0.1) is 0 Å². The molecule has 4 heteroatoms. The summed E-state index contributed by atoms with van der Waals surface area (Å²) in [5.41, 5.74) is 1.68. The Labute approximate surface area is 112 Å². The molecular formula is C15H18N2O2. The van der Waals surface area contributed by atoms with Crippen LogP contribution in [-0.4, -0.2) is 29.6 Å². The van der Waals surface area contributed by atoms with Gasteiger partial charge in [0.1, 0.15) is 0 Å². The first-order valence-electron chi connectivity index (χ1n) is 6.74. The first kappa shape index (κ1) is 12.2. The molecule has 0 aliphatic carbocycles. The van der Waals surface area contributed by atoms with Crippen LogP contribution in [0.4, 0.5) is 0 Å². The third kappa shape index (κ3) is 2.36. The second-order valence-electron chi connectivity index (χ2n) is 5.06. The lowest BCUT2D eigenvalue weighted by molar-refractivity contribution is 0.0713. The topological polar surface area (TPSA) is 54.1 Å². The van der Waals surface area contributed by atoms with Crippen molar-refractivity contribution in [2.45, 2.75) is 31.9 Å². The largest absolute Gasteiger partial charge is 0.376 e. The minimum atomic E-state index is -0.0413. The number of aromatic nitrogens is 1. The van der Waals surface area contributed by atoms with E-state index in [0.29, 0.717) is 5.56 Å². The fraction of sp³-hybridized carbons (Fsp3) is 0.400. The number of para-hydroxylation sites is 1. The highest BCUT2D eigenvalue weighted by Gasteiger charge is 2.24. The molecule has 1 fully saturated rings. The number of H-pyrrole nitrogens is 1. The molecule has 1 saturated heterocycles. The highest BCUT2D eigenvalue weighted by Crippen LogP contribution is 2.19. The van der Waals surface area contributed by atoms with Gasteiger partial charge in [0, 0.05) is 23.7 Å². The fourth-order valence-corrected chi connectivity index (χ4v) is 2.63. The predicted octanol–water partition coefficient (Wildman–Crippen LogP) is 2.47. The molecule has 0 saturated carbocycles. The third-order valence-corrected chi connectivity index (χ3v) is 3.72. The Kier molecular flexibility index (Phi) is 3.25. The van der Waals surface area contributed by atoms with Crippen molar-refractivity contribution in [1.82, 2.24) is 10.3 Å². The molecule has 2 N–H and O–H groups in total. The van der Waals surface area contributed by atoms with Crippen LogP contribution in [0.25, 0.3) is 10.9 Å². The van der Waals surface area contributed by atoms with Gasteiger partial charge in [-0.05, 0) is 25.8 Å². The Balaban J connectivity index is 1.76. The van der Waals surface area contributed by atoms with Crippen LogP contribution >= 0.6 is 0 Å². The number of aromatic amines is 1. The van der Waals surface area contributed by atoms with E-state index < -0.39 is 0 Å². The molecule has 0 radical (unpaired) electrons. The summed E-state index contributed by atoms with van der Waals surface area (Å²) in [6.45, 7) is 2.81. The molecule has 2 atom stereocenters. The van der Waals surface area contributed by atoms with Gasteiger partial charge in [-0.2, -0.15) is 0 Å². The number of hydrogen-bond donors (Lipinski definition) is 2. The van der Waals surface area contributed by atoms with Crippen molar-refractivity contribution >= 4 is 16.8 Å². The van der Waals surface area contributed by atoms with Gasteiger partial charge in [0.25, 0.3) is 5.91 Å². The number of carbonyl (C=O) groups is 1. The summed E-state index contributed by atoms with van der Waals surface area (Å²) < 4.78 is 5.60. The van der Waals surface area contributed by atoms with Crippen LogP contribution in [0.5, 0.6) is 0 Å². The summed E-state index contributed by atoms with van der Waals surface area (Å²) in [5.74, 6) is -0.0413. The van der Waals surface area contributed by atoms with E-state index in [1.807, 2.05) is 31.2 Å². The average Bonchev–Trinajstić information content (AvgIpc) is 3.08. The number of benzene rings is 1. The molecule has 0 bridgehead atoms. The van der Waals surface area contributed by atoms with E-state index >= 15 is 0 Å². The standard InChI is InChI=1S/C15H18N2O2/c1-10(14-7-4-8-19-14)17-15(18)12-9-16-13-6-3-2-5-11(12)13/h2-3,5-6,9-10,14,16H,4,7-8H2,1H3,(H,17,18). The lowest BCUT2D eigenvalue weighted by atomic mass is 10.1. The highest BCUT2D eigenvalue weighted by molar-refractivity contribution is 6.06. The summed E-state index contributed by atoms with van der Waals surface area (Å²) in [6.07, 6.45) is 4.02. The van der Waals surface area contributed by atoms with Crippen LogP contribution < -0.4 is 5.32 Å². The van der Waals surface area contributed by atoms with Crippen molar-refractivity contribution in [3.63, 3.8) is 0 Å². The Morgan fingerprint density at radius 2 is 2.32 bits per heavy atom. The van der Waals surface area contributed by atoms with E-state index in [1.165, 1.54) is 0 Å². The Morgan fingerprint density at radius 1 is 1.47 bits per heavy atom. The van der Waals surface area contributed by atoms with Gasteiger partial charge >= 0.3 is 0 Å². The van der Waals surface area contributed by atoms with Crippen molar-refractivity contribution in [2.24, 2.45) is 0 Å². The molecular weight excluding hydrogens is 240 g/mol. The molecule has 19 heavy (non-hydrogen) atoms. The number of rotatable bonds is 3. The first-order chi connectivity index (χ1) is 9.25. The van der Waals surface area contributed by atoms with Crippen LogP contribution in [0.2, 0.25) is 0 Å². The Morgan fingerprint density at radius 3 is 3.11 bits per heavy atom. The number of nitrogens with one attached hydrogen (secondary N) is 2. The van der Waals surface area contributed by atoms with Crippen LogP contribution in [0.1, 0.15) is 30.1 Å². The smallest absolute Gasteiger partial charge is 0.253 e. The quantitative estimate of drug-likeness (QED) is 0.888. The molecule has 2 heterocycles. The van der Waals surface area contributed by atoms with Gasteiger partial charge in [0.05, 0.1) is 17.7 Å². The monoisotopic (exact) mass is 258 g/mol. The fourth-order valence-electron chi connectivity index (χ4n) is 2.63. The maximum absolute atomic E-state index is 12.3. The van der Waals surface area contributed by atoms with Crippen LogP contribution in [0.3, 0.4) is 0 Å². The van der Waals surface area contributed by atoms with Crippen molar-refractivity contribution in [2.75, 3.05) is 6.61 Å².